The summed E-state index contributed by atoms with van der Waals surface area (Å²) in [7, 11) is 0. The van der Waals surface area contributed by atoms with Crippen LogP contribution in [0.2, 0.25) is 10.0 Å². The van der Waals surface area contributed by atoms with Gasteiger partial charge in [0.1, 0.15) is 0 Å². The number of hydrogen-bond acceptors (Lipinski definition) is 2. The van der Waals surface area contributed by atoms with Crippen LogP contribution in [0.3, 0.4) is 0 Å². The Labute approximate surface area is 131 Å². The lowest BCUT2D eigenvalue weighted by Crippen LogP contribution is -2.15. The van der Waals surface area contributed by atoms with Gasteiger partial charge >= 0.3 is 0 Å². The van der Waals surface area contributed by atoms with Gasteiger partial charge in [-0.2, -0.15) is 0 Å². The fourth-order valence-electron chi connectivity index (χ4n) is 2.37. The van der Waals surface area contributed by atoms with E-state index in [4.69, 9.17) is 33.7 Å². The summed E-state index contributed by atoms with van der Waals surface area (Å²) < 4.78 is 5.99. The van der Waals surface area contributed by atoms with Crippen molar-refractivity contribution in [2.45, 2.75) is 51.2 Å². The van der Waals surface area contributed by atoms with Crippen LogP contribution in [0.5, 0.6) is 5.75 Å². The zero-order valence-corrected chi connectivity index (χ0v) is 13.2. The summed E-state index contributed by atoms with van der Waals surface area (Å²) in [5, 5.41) is 1.12. The van der Waals surface area contributed by atoms with Crippen molar-refractivity contribution in [3.63, 3.8) is 0 Å². The topological polar surface area (TPSA) is 35.2 Å². The zero-order valence-electron chi connectivity index (χ0n) is 10.8. The fraction of sp³-hybridized carbons (Fsp3) is 0.571. The molecule has 1 fully saturated rings. The summed E-state index contributed by atoms with van der Waals surface area (Å²) in [4.78, 5) is 0. The molecule has 0 spiro atoms. The third-order valence-electron chi connectivity index (χ3n) is 3.38. The van der Waals surface area contributed by atoms with Crippen LogP contribution >= 0.6 is 35.6 Å². The van der Waals surface area contributed by atoms with Crippen molar-refractivity contribution in [2.24, 2.45) is 5.73 Å². The third kappa shape index (κ3) is 4.71. The minimum absolute atomic E-state index is 0. The van der Waals surface area contributed by atoms with Crippen molar-refractivity contribution in [3.8, 4) is 5.75 Å². The SMILES string of the molecule is Cl.NCc1cc(Cl)c(OC2CCCCCC2)c(Cl)c1. The fourth-order valence-corrected chi connectivity index (χ4v) is 2.99. The first-order chi connectivity index (χ1) is 8.70. The van der Waals surface area contributed by atoms with E-state index in [1.54, 1.807) is 0 Å². The van der Waals surface area contributed by atoms with Gasteiger partial charge < -0.3 is 10.5 Å². The Morgan fingerprint density at radius 3 is 2.05 bits per heavy atom. The van der Waals surface area contributed by atoms with Crippen molar-refractivity contribution in [1.29, 1.82) is 0 Å². The number of nitrogens with two attached hydrogens (primary N) is 1. The molecule has 0 atom stereocenters. The number of ether oxygens (including phenoxy) is 1. The number of hydrogen-bond donors (Lipinski definition) is 1. The summed E-state index contributed by atoms with van der Waals surface area (Å²) >= 11 is 12.4. The predicted molar refractivity (Wildman–Crippen MR) is 83.7 cm³/mol. The molecule has 1 aliphatic carbocycles. The molecule has 0 amide bonds. The number of benzene rings is 1. The summed E-state index contributed by atoms with van der Waals surface area (Å²) in [5.74, 6) is 0.613. The molecule has 1 aromatic carbocycles. The summed E-state index contributed by atoms with van der Waals surface area (Å²) in [6, 6.07) is 3.67. The maximum absolute atomic E-state index is 6.21. The molecule has 0 aromatic heterocycles. The van der Waals surface area contributed by atoms with Gasteiger partial charge in [0.15, 0.2) is 5.75 Å². The van der Waals surface area contributed by atoms with Gasteiger partial charge in [-0.15, -0.1) is 12.4 Å². The number of rotatable bonds is 3. The van der Waals surface area contributed by atoms with Gasteiger partial charge in [-0.3, -0.25) is 0 Å². The Kier molecular flexibility index (Phi) is 7.30. The Hall–Kier alpha value is -0.150. The van der Waals surface area contributed by atoms with Crippen molar-refractivity contribution >= 4 is 35.6 Å². The molecule has 108 valence electrons. The van der Waals surface area contributed by atoms with Gasteiger partial charge in [-0.25, -0.2) is 0 Å². The van der Waals surface area contributed by atoms with Gasteiger partial charge in [0, 0.05) is 6.54 Å². The second-order valence-electron chi connectivity index (χ2n) is 4.82. The van der Waals surface area contributed by atoms with E-state index < -0.39 is 0 Å². The zero-order chi connectivity index (χ0) is 13.0. The van der Waals surface area contributed by atoms with Crippen LogP contribution < -0.4 is 10.5 Å². The highest BCUT2D eigenvalue weighted by Crippen LogP contribution is 2.36. The number of halogens is 3. The second-order valence-corrected chi connectivity index (χ2v) is 5.64. The average Bonchev–Trinajstić information content (AvgIpc) is 2.62. The van der Waals surface area contributed by atoms with E-state index in [0.717, 1.165) is 18.4 Å². The standard InChI is InChI=1S/C14H19Cl2NO.ClH/c15-12-7-10(9-17)8-13(16)14(12)18-11-5-3-1-2-4-6-11;/h7-8,11H,1-6,9,17H2;1H. The molecule has 1 aromatic rings. The maximum atomic E-state index is 6.21. The van der Waals surface area contributed by atoms with Crippen LogP contribution in [0.1, 0.15) is 44.1 Å². The Morgan fingerprint density at radius 1 is 1.05 bits per heavy atom. The maximum Gasteiger partial charge on any atom is 0.156 e. The van der Waals surface area contributed by atoms with Crippen LogP contribution in [-0.2, 0) is 6.54 Å². The monoisotopic (exact) mass is 323 g/mol. The molecule has 1 aliphatic rings. The highest BCUT2D eigenvalue weighted by atomic mass is 35.5. The van der Waals surface area contributed by atoms with Crippen molar-refractivity contribution in [2.75, 3.05) is 0 Å². The van der Waals surface area contributed by atoms with E-state index in [1.807, 2.05) is 12.1 Å². The van der Waals surface area contributed by atoms with Gasteiger partial charge in [0.25, 0.3) is 0 Å². The van der Waals surface area contributed by atoms with Crippen LogP contribution in [0.4, 0.5) is 0 Å². The molecule has 2 nitrogen and oxygen atoms in total. The molecule has 2 N–H and O–H groups in total. The van der Waals surface area contributed by atoms with Gasteiger partial charge in [0.2, 0.25) is 0 Å². The Balaban J connectivity index is 0.00000180. The summed E-state index contributed by atoms with van der Waals surface area (Å²) in [5.41, 5.74) is 6.51. The van der Waals surface area contributed by atoms with E-state index >= 15 is 0 Å². The van der Waals surface area contributed by atoms with E-state index in [-0.39, 0.29) is 18.5 Å². The van der Waals surface area contributed by atoms with Crippen LogP contribution in [-0.4, -0.2) is 6.10 Å². The molecule has 0 saturated heterocycles. The first-order valence-corrected chi connectivity index (χ1v) is 7.31. The predicted octanol–water partition coefficient (Wildman–Crippen LogP) is 4.98. The minimum atomic E-state index is 0. The smallest absolute Gasteiger partial charge is 0.156 e. The quantitative estimate of drug-likeness (QED) is 0.796. The van der Waals surface area contributed by atoms with E-state index in [1.165, 1.54) is 25.7 Å². The highest BCUT2D eigenvalue weighted by Gasteiger charge is 2.17. The molecule has 0 heterocycles. The van der Waals surface area contributed by atoms with E-state index in [2.05, 4.69) is 0 Å². The normalized spacial score (nSPS) is 16.6. The van der Waals surface area contributed by atoms with E-state index in [9.17, 15) is 0 Å². The van der Waals surface area contributed by atoms with Crippen molar-refractivity contribution in [3.05, 3.63) is 27.7 Å². The van der Waals surface area contributed by atoms with Crippen molar-refractivity contribution < 1.29 is 4.74 Å². The lowest BCUT2D eigenvalue weighted by molar-refractivity contribution is 0.184. The van der Waals surface area contributed by atoms with Gasteiger partial charge in [-0.1, -0.05) is 36.0 Å². The molecule has 0 radical (unpaired) electrons. The molecule has 19 heavy (non-hydrogen) atoms. The van der Waals surface area contributed by atoms with Crippen LogP contribution in [0.15, 0.2) is 12.1 Å². The molecular weight excluding hydrogens is 305 g/mol. The minimum Gasteiger partial charge on any atom is -0.487 e. The molecule has 2 rings (SSSR count). The molecular formula is C14H20Cl3NO. The highest BCUT2D eigenvalue weighted by molar-refractivity contribution is 6.37. The molecule has 5 heteroatoms. The lowest BCUT2D eigenvalue weighted by atomic mass is 10.1. The molecule has 1 saturated carbocycles. The van der Waals surface area contributed by atoms with Crippen LogP contribution in [0.25, 0.3) is 0 Å². The van der Waals surface area contributed by atoms with Gasteiger partial charge in [-0.05, 0) is 43.4 Å². The first-order valence-electron chi connectivity index (χ1n) is 6.55. The molecule has 0 bridgehead atoms. The molecule has 0 unspecified atom stereocenters. The Morgan fingerprint density at radius 2 is 1.58 bits per heavy atom. The summed E-state index contributed by atoms with van der Waals surface area (Å²) in [6.07, 6.45) is 7.46. The summed E-state index contributed by atoms with van der Waals surface area (Å²) in [6.45, 7) is 0.434. The lowest BCUT2D eigenvalue weighted by Gasteiger charge is -2.19. The third-order valence-corrected chi connectivity index (χ3v) is 3.94. The van der Waals surface area contributed by atoms with E-state index in [0.29, 0.717) is 22.3 Å². The largest absolute Gasteiger partial charge is 0.487 e. The first kappa shape index (κ1) is 16.9. The Bertz CT molecular complexity index is 381. The van der Waals surface area contributed by atoms with Gasteiger partial charge in [0.05, 0.1) is 16.1 Å². The molecule has 0 aliphatic heterocycles. The second kappa shape index (κ2) is 8.21. The average molecular weight is 325 g/mol. The van der Waals surface area contributed by atoms with Crippen molar-refractivity contribution in [1.82, 2.24) is 0 Å². The van der Waals surface area contributed by atoms with Crippen LogP contribution in [0, 0.1) is 0 Å².